The van der Waals surface area contributed by atoms with Crippen molar-refractivity contribution in [3.8, 4) is 5.75 Å². The van der Waals surface area contributed by atoms with Gasteiger partial charge in [0.25, 0.3) is 5.91 Å². The van der Waals surface area contributed by atoms with Gasteiger partial charge in [-0.25, -0.2) is 0 Å². The number of hydrogen-bond acceptors (Lipinski definition) is 3. The Hall–Kier alpha value is -1.81. The lowest BCUT2D eigenvalue weighted by Crippen LogP contribution is -2.38. The van der Waals surface area contributed by atoms with Crippen LogP contribution in [0, 0.1) is 6.92 Å². The van der Waals surface area contributed by atoms with E-state index in [4.69, 9.17) is 0 Å². The van der Waals surface area contributed by atoms with Gasteiger partial charge < -0.3 is 10.0 Å². The second-order valence-electron chi connectivity index (χ2n) is 5.22. The third-order valence-electron chi connectivity index (χ3n) is 3.99. The van der Waals surface area contributed by atoms with Gasteiger partial charge in [0, 0.05) is 17.0 Å². The van der Waals surface area contributed by atoms with Gasteiger partial charge in [0.1, 0.15) is 5.75 Å². The lowest BCUT2D eigenvalue weighted by molar-refractivity contribution is 0.0679. The minimum Gasteiger partial charge on any atom is -0.508 e. The Morgan fingerprint density at radius 2 is 2.20 bits per heavy atom. The van der Waals surface area contributed by atoms with E-state index in [0.717, 1.165) is 18.5 Å². The fourth-order valence-corrected chi connectivity index (χ4v) is 3.66. The molecule has 0 radical (unpaired) electrons. The summed E-state index contributed by atoms with van der Waals surface area (Å²) in [4.78, 5) is 15.9. The summed E-state index contributed by atoms with van der Waals surface area (Å²) in [5.41, 5.74) is 2.60. The molecule has 3 nitrogen and oxygen atoms in total. The Kier molecular flexibility index (Phi) is 3.26. The predicted molar refractivity (Wildman–Crippen MR) is 80.3 cm³/mol. The SMILES string of the molecule is Cc1ccc(C(=O)N2CCc3sccc3C2C)cc1O. The number of amides is 1. The van der Waals surface area contributed by atoms with Crippen molar-refractivity contribution >= 4 is 17.2 Å². The van der Waals surface area contributed by atoms with E-state index in [0.29, 0.717) is 5.56 Å². The van der Waals surface area contributed by atoms with E-state index in [1.165, 1.54) is 10.4 Å². The number of rotatable bonds is 1. The maximum absolute atomic E-state index is 12.6. The first kappa shape index (κ1) is 13.2. The molecule has 104 valence electrons. The monoisotopic (exact) mass is 287 g/mol. The van der Waals surface area contributed by atoms with Crippen LogP contribution in [-0.2, 0) is 6.42 Å². The Morgan fingerprint density at radius 1 is 1.40 bits per heavy atom. The van der Waals surface area contributed by atoms with Crippen molar-refractivity contribution in [1.82, 2.24) is 4.90 Å². The zero-order valence-electron chi connectivity index (χ0n) is 11.6. The van der Waals surface area contributed by atoms with Crippen molar-refractivity contribution in [2.24, 2.45) is 0 Å². The van der Waals surface area contributed by atoms with E-state index >= 15 is 0 Å². The summed E-state index contributed by atoms with van der Waals surface area (Å²) in [7, 11) is 0. The summed E-state index contributed by atoms with van der Waals surface area (Å²) in [6.07, 6.45) is 0.918. The number of hydrogen-bond donors (Lipinski definition) is 1. The van der Waals surface area contributed by atoms with Crippen molar-refractivity contribution in [3.63, 3.8) is 0 Å². The number of phenolic OH excluding ortho intramolecular Hbond substituents is 1. The van der Waals surface area contributed by atoms with Crippen LogP contribution in [0.15, 0.2) is 29.6 Å². The molecule has 0 spiro atoms. The first-order chi connectivity index (χ1) is 9.58. The van der Waals surface area contributed by atoms with Crippen molar-refractivity contribution < 1.29 is 9.90 Å². The number of aryl methyl sites for hydroxylation is 1. The molecule has 0 fully saturated rings. The van der Waals surface area contributed by atoms with Crippen molar-refractivity contribution in [2.45, 2.75) is 26.3 Å². The third kappa shape index (κ3) is 2.10. The predicted octanol–water partition coefficient (Wildman–Crippen LogP) is 3.52. The standard InChI is InChI=1S/C16H17NO2S/c1-10-3-4-12(9-14(10)18)16(19)17-7-5-15-13(11(17)2)6-8-20-15/h3-4,6,8-9,11,18H,5,7H2,1-2H3. The average molecular weight is 287 g/mol. The fourth-order valence-electron chi connectivity index (χ4n) is 2.70. The molecule has 2 aromatic rings. The Morgan fingerprint density at radius 3 is 2.95 bits per heavy atom. The number of carbonyl (C=O) groups is 1. The average Bonchev–Trinajstić information content (AvgIpc) is 2.91. The summed E-state index contributed by atoms with van der Waals surface area (Å²) in [5, 5.41) is 11.9. The molecule has 0 aliphatic carbocycles. The Labute approximate surface area is 122 Å². The number of benzene rings is 1. The number of phenols is 1. The maximum atomic E-state index is 12.6. The molecule has 1 aromatic heterocycles. The third-order valence-corrected chi connectivity index (χ3v) is 4.99. The highest BCUT2D eigenvalue weighted by Gasteiger charge is 2.29. The normalized spacial score (nSPS) is 17.9. The maximum Gasteiger partial charge on any atom is 0.254 e. The van der Waals surface area contributed by atoms with Gasteiger partial charge in [-0.1, -0.05) is 6.07 Å². The van der Waals surface area contributed by atoms with Crippen molar-refractivity contribution in [2.75, 3.05) is 6.54 Å². The summed E-state index contributed by atoms with van der Waals surface area (Å²) in [6, 6.07) is 7.34. The molecule has 20 heavy (non-hydrogen) atoms. The Bertz CT molecular complexity index is 662. The van der Waals surface area contributed by atoms with Gasteiger partial charge in [0.15, 0.2) is 0 Å². The molecule has 2 heterocycles. The number of fused-ring (bicyclic) bond motifs is 1. The molecule has 4 heteroatoms. The highest BCUT2D eigenvalue weighted by molar-refractivity contribution is 7.10. The second-order valence-corrected chi connectivity index (χ2v) is 6.23. The van der Waals surface area contributed by atoms with E-state index in [2.05, 4.69) is 18.4 Å². The molecule has 1 atom stereocenters. The van der Waals surface area contributed by atoms with Gasteiger partial charge in [-0.3, -0.25) is 4.79 Å². The molecular formula is C16H17NO2S. The van der Waals surface area contributed by atoms with E-state index < -0.39 is 0 Å². The van der Waals surface area contributed by atoms with Gasteiger partial charge in [-0.15, -0.1) is 11.3 Å². The van der Waals surface area contributed by atoms with Crippen LogP contribution in [0.5, 0.6) is 5.75 Å². The van der Waals surface area contributed by atoms with Crippen LogP contribution >= 0.6 is 11.3 Å². The summed E-state index contributed by atoms with van der Waals surface area (Å²) in [5.74, 6) is 0.168. The minimum absolute atomic E-state index is 0.00958. The molecule has 1 aliphatic rings. The summed E-state index contributed by atoms with van der Waals surface area (Å²) < 4.78 is 0. The van der Waals surface area contributed by atoms with Gasteiger partial charge in [-0.05, 0) is 55.0 Å². The van der Waals surface area contributed by atoms with E-state index in [1.54, 1.807) is 29.5 Å². The lowest BCUT2D eigenvalue weighted by atomic mass is 10.00. The number of nitrogens with zero attached hydrogens (tertiary/aromatic N) is 1. The highest BCUT2D eigenvalue weighted by atomic mass is 32.1. The van der Waals surface area contributed by atoms with E-state index in [1.807, 2.05) is 11.8 Å². The zero-order valence-corrected chi connectivity index (χ0v) is 12.4. The molecular weight excluding hydrogens is 270 g/mol. The molecule has 3 rings (SSSR count). The molecule has 1 unspecified atom stereocenters. The molecule has 0 saturated carbocycles. The zero-order chi connectivity index (χ0) is 14.3. The summed E-state index contributed by atoms with van der Waals surface area (Å²) in [6.45, 7) is 4.63. The first-order valence-corrected chi connectivity index (χ1v) is 7.62. The van der Waals surface area contributed by atoms with Crippen LogP contribution < -0.4 is 0 Å². The van der Waals surface area contributed by atoms with Gasteiger partial charge >= 0.3 is 0 Å². The van der Waals surface area contributed by atoms with Crippen LogP contribution in [0.2, 0.25) is 0 Å². The second kappa shape index (κ2) is 4.94. The smallest absolute Gasteiger partial charge is 0.254 e. The fraction of sp³-hybridized carbons (Fsp3) is 0.312. The Balaban J connectivity index is 1.90. The number of aromatic hydroxyl groups is 1. The van der Waals surface area contributed by atoms with E-state index in [-0.39, 0.29) is 17.7 Å². The minimum atomic E-state index is -0.00958. The van der Waals surface area contributed by atoms with Crippen molar-refractivity contribution in [1.29, 1.82) is 0 Å². The lowest BCUT2D eigenvalue weighted by Gasteiger charge is -2.33. The van der Waals surface area contributed by atoms with Crippen LogP contribution in [0.4, 0.5) is 0 Å². The van der Waals surface area contributed by atoms with Crippen LogP contribution in [0.1, 0.15) is 39.3 Å². The molecule has 1 aromatic carbocycles. The van der Waals surface area contributed by atoms with Crippen LogP contribution in [0.3, 0.4) is 0 Å². The van der Waals surface area contributed by atoms with Crippen LogP contribution in [-0.4, -0.2) is 22.5 Å². The quantitative estimate of drug-likeness (QED) is 0.871. The van der Waals surface area contributed by atoms with Gasteiger partial charge in [0.2, 0.25) is 0 Å². The highest BCUT2D eigenvalue weighted by Crippen LogP contribution is 2.34. The molecule has 1 amide bonds. The molecule has 0 bridgehead atoms. The van der Waals surface area contributed by atoms with Gasteiger partial charge in [0.05, 0.1) is 6.04 Å². The largest absolute Gasteiger partial charge is 0.508 e. The molecule has 0 saturated heterocycles. The van der Waals surface area contributed by atoms with Crippen molar-refractivity contribution in [3.05, 3.63) is 51.2 Å². The summed E-state index contributed by atoms with van der Waals surface area (Å²) >= 11 is 1.77. The first-order valence-electron chi connectivity index (χ1n) is 6.75. The number of thiophene rings is 1. The number of carbonyl (C=O) groups excluding carboxylic acids is 1. The van der Waals surface area contributed by atoms with Crippen LogP contribution in [0.25, 0.3) is 0 Å². The topological polar surface area (TPSA) is 40.5 Å². The van der Waals surface area contributed by atoms with E-state index in [9.17, 15) is 9.90 Å². The van der Waals surface area contributed by atoms with Gasteiger partial charge in [-0.2, -0.15) is 0 Å². The molecule has 1 aliphatic heterocycles. The molecule has 1 N–H and O–H groups in total.